The molecule has 3 aliphatic heterocycles. The van der Waals surface area contributed by atoms with Gasteiger partial charge in [-0.2, -0.15) is 18.2 Å². The second-order valence-electron chi connectivity index (χ2n) is 9.19. The normalized spacial score (nSPS) is 24.2. The van der Waals surface area contributed by atoms with Gasteiger partial charge < -0.3 is 23.8 Å². The fraction of sp³-hybridized carbons (Fsp3) is 0.609. The minimum atomic E-state index is -4.39. The summed E-state index contributed by atoms with van der Waals surface area (Å²) in [5.41, 5.74) is 0.0650. The smallest absolute Gasteiger partial charge is 0.381 e. The molecule has 1 aromatic heterocycles. The molecule has 11 heteroatoms. The fourth-order valence-electron chi connectivity index (χ4n) is 4.75. The van der Waals surface area contributed by atoms with Crippen LogP contribution in [0.4, 0.5) is 18.0 Å². The van der Waals surface area contributed by atoms with Gasteiger partial charge in [0.2, 0.25) is 5.89 Å². The van der Waals surface area contributed by atoms with Crippen molar-refractivity contribution in [3.05, 3.63) is 47.1 Å². The van der Waals surface area contributed by atoms with E-state index in [0.717, 1.165) is 17.7 Å². The first-order valence-electron chi connectivity index (χ1n) is 11.6. The summed E-state index contributed by atoms with van der Waals surface area (Å²) in [6, 6.07) is 5.10. The van der Waals surface area contributed by atoms with Crippen molar-refractivity contribution in [3.63, 3.8) is 0 Å². The van der Waals surface area contributed by atoms with Crippen LogP contribution in [-0.4, -0.2) is 78.6 Å². The maximum Gasteiger partial charge on any atom is 0.416 e. The van der Waals surface area contributed by atoms with E-state index in [4.69, 9.17) is 14.0 Å². The number of piperidine rings is 1. The van der Waals surface area contributed by atoms with E-state index in [1.165, 1.54) is 12.1 Å². The number of urea groups is 1. The lowest BCUT2D eigenvalue weighted by atomic mass is 9.84. The van der Waals surface area contributed by atoms with Crippen LogP contribution in [0.15, 0.2) is 28.8 Å². The number of ether oxygens (including phenoxy) is 2. The van der Waals surface area contributed by atoms with Crippen LogP contribution >= 0.6 is 0 Å². The van der Waals surface area contributed by atoms with E-state index >= 15 is 0 Å². The Morgan fingerprint density at radius 2 is 1.71 bits per heavy atom. The van der Waals surface area contributed by atoms with Crippen LogP contribution in [-0.2, 0) is 22.1 Å². The highest BCUT2D eigenvalue weighted by molar-refractivity contribution is 5.75. The largest absolute Gasteiger partial charge is 0.416 e. The molecule has 5 rings (SSSR count). The highest BCUT2D eigenvalue weighted by Crippen LogP contribution is 2.37. The Bertz CT molecular complexity index is 987. The Labute approximate surface area is 195 Å². The monoisotopic (exact) mass is 480 g/mol. The van der Waals surface area contributed by atoms with Gasteiger partial charge in [-0.05, 0) is 24.1 Å². The third-order valence-electron chi connectivity index (χ3n) is 6.72. The first-order valence-corrected chi connectivity index (χ1v) is 11.6. The average Bonchev–Trinajstić information content (AvgIpc) is 3.30. The Morgan fingerprint density at radius 3 is 2.35 bits per heavy atom. The average molecular weight is 480 g/mol. The van der Waals surface area contributed by atoms with Gasteiger partial charge in [-0.1, -0.05) is 17.3 Å². The Balaban J connectivity index is 1.36. The molecular weight excluding hydrogens is 453 g/mol. The second-order valence-corrected chi connectivity index (χ2v) is 9.19. The standard InChI is InChI=1S/C23H27F3N4O4/c24-23(25,26)19-3-1-16(2-4-19)17-10-18(21-27-20(28-34-21)9-15-13-33-14-15)12-30(11-17)22(31)29-5-7-32-8-6-29/h1-4,15,17-18H,5-14H2. The molecule has 4 heterocycles. The summed E-state index contributed by atoms with van der Waals surface area (Å²) in [6.07, 6.45) is -3.11. The molecule has 0 radical (unpaired) electrons. The van der Waals surface area contributed by atoms with Crippen molar-refractivity contribution in [2.24, 2.45) is 5.92 Å². The molecule has 0 bridgehead atoms. The van der Waals surface area contributed by atoms with Gasteiger partial charge in [-0.25, -0.2) is 4.79 Å². The van der Waals surface area contributed by atoms with Crippen molar-refractivity contribution in [2.45, 2.75) is 30.9 Å². The lowest BCUT2D eigenvalue weighted by molar-refractivity contribution is -0.137. The van der Waals surface area contributed by atoms with Gasteiger partial charge in [0.1, 0.15) is 0 Å². The summed E-state index contributed by atoms with van der Waals surface area (Å²) in [6.45, 7) is 4.21. The number of morpholine rings is 1. The molecule has 34 heavy (non-hydrogen) atoms. The molecule has 0 spiro atoms. The number of benzene rings is 1. The molecule has 3 saturated heterocycles. The minimum Gasteiger partial charge on any atom is -0.381 e. The van der Waals surface area contributed by atoms with E-state index in [9.17, 15) is 18.0 Å². The van der Waals surface area contributed by atoms with E-state index in [1.54, 1.807) is 9.80 Å². The minimum absolute atomic E-state index is 0.101. The van der Waals surface area contributed by atoms with Crippen LogP contribution in [0.25, 0.3) is 0 Å². The molecule has 3 aliphatic rings. The summed E-state index contributed by atoms with van der Waals surface area (Å²) in [5.74, 6) is 1.11. The summed E-state index contributed by atoms with van der Waals surface area (Å²) in [7, 11) is 0. The number of nitrogens with zero attached hydrogens (tertiary/aromatic N) is 4. The summed E-state index contributed by atoms with van der Waals surface area (Å²) >= 11 is 0. The van der Waals surface area contributed by atoms with Crippen molar-refractivity contribution in [1.29, 1.82) is 0 Å². The third-order valence-corrected chi connectivity index (χ3v) is 6.72. The zero-order valence-electron chi connectivity index (χ0n) is 18.7. The quantitative estimate of drug-likeness (QED) is 0.668. The van der Waals surface area contributed by atoms with Gasteiger partial charge in [0.15, 0.2) is 5.82 Å². The molecule has 1 aromatic carbocycles. The van der Waals surface area contributed by atoms with Crippen molar-refractivity contribution < 1.29 is 32.0 Å². The molecule has 3 fully saturated rings. The van der Waals surface area contributed by atoms with E-state index < -0.39 is 11.7 Å². The number of carbonyl (C=O) groups is 1. The maximum atomic E-state index is 13.3. The van der Waals surface area contributed by atoms with Gasteiger partial charge in [0.05, 0.1) is 37.9 Å². The SMILES string of the molecule is O=C(N1CCOCC1)N1CC(c2ccc(C(F)(F)F)cc2)CC(c2nc(CC3COC3)no2)C1. The molecule has 8 nitrogen and oxygen atoms in total. The fourth-order valence-corrected chi connectivity index (χ4v) is 4.75. The molecule has 184 valence electrons. The van der Waals surface area contributed by atoms with Crippen molar-refractivity contribution in [1.82, 2.24) is 19.9 Å². The van der Waals surface area contributed by atoms with E-state index in [1.807, 2.05) is 0 Å². The highest BCUT2D eigenvalue weighted by Gasteiger charge is 2.37. The number of amides is 2. The number of halogens is 3. The number of likely N-dealkylation sites (tertiary alicyclic amines) is 1. The van der Waals surface area contributed by atoms with Crippen LogP contribution < -0.4 is 0 Å². The highest BCUT2D eigenvalue weighted by atomic mass is 19.4. The van der Waals surface area contributed by atoms with Gasteiger partial charge >= 0.3 is 12.2 Å². The number of aromatic nitrogens is 2. The molecule has 2 unspecified atom stereocenters. The number of alkyl halides is 3. The van der Waals surface area contributed by atoms with E-state index in [-0.39, 0.29) is 17.9 Å². The van der Waals surface area contributed by atoms with Gasteiger partial charge in [-0.3, -0.25) is 0 Å². The molecule has 0 N–H and O–H groups in total. The topological polar surface area (TPSA) is 80.9 Å². The van der Waals surface area contributed by atoms with Gasteiger partial charge in [0, 0.05) is 44.4 Å². The molecule has 2 amide bonds. The molecule has 2 atom stereocenters. The number of carbonyl (C=O) groups excluding carboxylic acids is 1. The number of rotatable bonds is 4. The van der Waals surface area contributed by atoms with Crippen molar-refractivity contribution >= 4 is 6.03 Å². The van der Waals surface area contributed by atoms with E-state index in [2.05, 4.69) is 10.1 Å². The number of hydrogen-bond acceptors (Lipinski definition) is 6. The van der Waals surface area contributed by atoms with Crippen LogP contribution in [0.1, 0.15) is 41.1 Å². The van der Waals surface area contributed by atoms with Gasteiger partial charge in [0.25, 0.3) is 0 Å². The van der Waals surface area contributed by atoms with Gasteiger partial charge in [-0.15, -0.1) is 0 Å². The van der Waals surface area contributed by atoms with Crippen LogP contribution in [0.5, 0.6) is 0 Å². The Kier molecular flexibility index (Phi) is 6.48. The van der Waals surface area contributed by atoms with Crippen molar-refractivity contribution in [3.8, 4) is 0 Å². The van der Waals surface area contributed by atoms with E-state index in [0.29, 0.717) is 83.1 Å². The Morgan fingerprint density at radius 1 is 1.00 bits per heavy atom. The lowest BCUT2D eigenvalue weighted by Gasteiger charge is -2.40. The molecular formula is C23H27F3N4O4. The molecule has 0 saturated carbocycles. The lowest BCUT2D eigenvalue weighted by Crippen LogP contribution is -2.52. The zero-order valence-corrected chi connectivity index (χ0v) is 18.7. The predicted molar refractivity (Wildman–Crippen MR) is 113 cm³/mol. The summed E-state index contributed by atoms with van der Waals surface area (Å²) in [4.78, 5) is 21.4. The van der Waals surface area contributed by atoms with Crippen LogP contribution in [0.3, 0.4) is 0 Å². The summed E-state index contributed by atoms with van der Waals surface area (Å²) in [5, 5.41) is 4.11. The predicted octanol–water partition coefficient (Wildman–Crippen LogP) is 3.30. The molecule has 0 aliphatic carbocycles. The van der Waals surface area contributed by atoms with Crippen LogP contribution in [0, 0.1) is 5.92 Å². The van der Waals surface area contributed by atoms with Crippen LogP contribution in [0.2, 0.25) is 0 Å². The first-order chi connectivity index (χ1) is 16.4. The number of hydrogen-bond donors (Lipinski definition) is 0. The molecule has 2 aromatic rings. The zero-order chi connectivity index (χ0) is 23.7. The second kappa shape index (κ2) is 9.53. The maximum absolute atomic E-state index is 13.3. The Hall–Kier alpha value is -2.66. The van der Waals surface area contributed by atoms with Crippen molar-refractivity contribution in [2.75, 3.05) is 52.6 Å². The third kappa shape index (κ3) is 5.05. The first kappa shape index (κ1) is 23.1. The summed E-state index contributed by atoms with van der Waals surface area (Å²) < 4.78 is 55.3.